The van der Waals surface area contributed by atoms with Crippen molar-refractivity contribution in [2.45, 2.75) is 136 Å². The number of carbonyl (C=O) groups excluding carboxylic acids is 1. The van der Waals surface area contributed by atoms with Crippen LogP contribution in [0.2, 0.25) is 33.2 Å². The number of pyridine rings is 2. The summed E-state index contributed by atoms with van der Waals surface area (Å²) >= 11 is 0. The van der Waals surface area contributed by atoms with Crippen LogP contribution in [-0.4, -0.2) is 32.0 Å². The maximum absolute atomic E-state index is 14.2. The number of rotatable bonds is 9. The number of aromatic nitrogens is 2. The molecule has 0 saturated carbocycles. The zero-order valence-electron chi connectivity index (χ0n) is 28.7. The van der Waals surface area contributed by atoms with Gasteiger partial charge in [0.25, 0.3) is 5.91 Å². The average molecular weight is 602 g/mol. The first-order valence-electron chi connectivity index (χ1n) is 15.7. The van der Waals surface area contributed by atoms with Crippen LogP contribution < -0.4 is 5.32 Å². The van der Waals surface area contributed by atoms with Gasteiger partial charge in [-0.3, -0.25) is 14.8 Å². The van der Waals surface area contributed by atoms with E-state index in [0.29, 0.717) is 49.9 Å². The van der Waals surface area contributed by atoms with Gasteiger partial charge in [-0.25, -0.2) is 0 Å². The Bertz CT molecular complexity index is 1220. The number of hydrogen-bond acceptors (Lipinski definition) is 3. The number of amides is 1. The minimum atomic E-state index is -2.04. The van der Waals surface area contributed by atoms with E-state index in [1.54, 1.807) is 18.6 Å². The van der Waals surface area contributed by atoms with Crippen molar-refractivity contribution in [2.75, 3.05) is 0 Å². The first-order chi connectivity index (χ1) is 19.4. The van der Waals surface area contributed by atoms with E-state index in [1.165, 1.54) is 0 Å². The molecule has 0 atom stereocenters. The van der Waals surface area contributed by atoms with Crippen molar-refractivity contribution in [3.05, 3.63) is 59.2 Å². The van der Waals surface area contributed by atoms with Gasteiger partial charge in [0.2, 0.25) is 0 Å². The van der Waals surface area contributed by atoms with Gasteiger partial charge in [0.05, 0.1) is 27.9 Å². The molecular formula is C36H55N3OSi2. The Hall–Kier alpha value is -2.68. The van der Waals surface area contributed by atoms with Crippen LogP contribution in [0.5, 0.6) is 0 Å². The van der Waals surface area contributed by atoms with Crippen molar-refractivity contribution < 1.29 is 4.79 Å². The minimum absolute atomic E-state index is 0.196. The molecule has 1 amide bonds. The molecule has 0 aromatic carbocycles. The summed E-state index contributed by atoms with van der Waals surface area (Å²) in [6, 6.07) is 5.77. The van der Waals surface area contributed by atoms with E-state index in [4.69, 9.17) is 0 Å². The summed E-state index contributed by atoms with van der Waals surface area (Å²) in [6.45, 7) is 31.6. The van der Waals surface area contributed by atoms with Crippen LogP contribution in [0.15, 0.2) is 36.8 Å². The van der Waals surface area contributed by atoms with Gasteiger partial charge in [-0.2, -0.15) is 0 Å². The smallest absolute Gasteiger partial charge is 0.254 e. The summed E-state index contributed by atoms with van der Waals surface area (Å²) < 4.78 is 0. The van der Waals surface area contributed by atoms with E-state index in [9.17, 15) is 4.79 Å². The predicted octanol–water partition coefficient (Wildman–Crippen LogP) is 9.28. The third-order valence-electron chi connectivity index (χ3n) is 9.46. The minimum Gasteiger partial charge on any atom is -0.341 e. The zero-order valence-corrected chi connectivity index (χ0v) is 30.7. The fourth-order valence-electron chi connectivity index (χ4n) is 7.25. The van der Waals surface area contributed by atoms with Crippen molar-refractivity contribution >= 4 is 22.1 Å². The van der Waals surface area contributed by atoms with E-state index < -0.39 is 21.7 Å². The third-order valence-corrected chi connectivity index (χ3v) is 22.0. The molecule has 0 aliphatic rings. The quantitative estimate of drug-likeness (QED) is 0.230. The Balaban J connectivity index is 2.87. The highest BCUT2D eigenvalue weighted by Crippen LogP contribution is 2.42. The molecule has 2 aromatic heterocycles. The summed E-state index contributed by atoms with van der Waals surface area (Å²) in [5, 5.41) is 3.26. The summed E-state index contributed by atoms with van der Waals surface area (Å²) in [6.07, 6.45) is 5.25. The van der Waals surface area contributed by atoms with Crippen molar-refractivity contribution in [2.24, 2.45) is 0 Å². The molecule has 0 saturated heterocycles. The Morgan fingerprint density at radius 2 is 1.12 bits per heavy atom. The molecule has 2 rings (SSSR count). The Morgan fingerprint density at radius 1 is 0.714 bits per heavy atom. The summed E-state index contributed by atoms with van der Waals surface area (Å²) in [5.74, 6) is 6.86. The van der Waals surface area contributed by atoms with E-state index in [0.717, 1.165) is 5.69 Å². The van der Waals surface area contributed by atoms with E-state index in [2.05, 4.69) is 121 Å². The molecule has 0 aliphatic heterocycles. The van der Waals surface area contributed by atoms with Crippen LogP contribution in [0.3, 0.4) is 0 Å². The van der Waals surface area contributed by atoms with Crippen LogP contribution in [-0.2, 0) is 5.54 Å². The van der Waals surface area contributed by atoms with Crippen molar-refractivity contribution in [3.63, 3.8) is 0 Å². The molecule has 4 nitrogen and oxygen atoms in total. The molecule has 2 heterocycles. The lowest BCUT2D eigenvalue weighted by molar-refractivity contribution is 0.0909. The lowest BCUT2D eigenvalue weighted by atomic mass is 9.97. The van der Waals surface area contributed by atoms with E-state index in [1.807, 2.05) is 32.0 Å². The molecule has 0 spiro atoms. The molecule has 1 N–H and O–H groups in total. The normalized spacial score (nSPS) is 12.6. The molecule has 0 unspecified atom stereocenters. The maximum atomic E-state index is 14.2. The number of nitrogens with zero attached hydrogens (tertiary/aromatic N) is 2. The highest BCUT2D eigenvalue weighted by Gasteiger charge is 2.43. The lowest BCUT2D eigenvalue weighted by Crippen LogP contribution is -2.43. The van der Waals surface area contributed by atoms with Crippen LogP contribution in [0.4, 0.5) is 0 Å². The van der Waals surface area contributed by atoms with Crippen molar-refractivity contribution in [1.29, 1.82) is 0 Å². The van der Waals surface area contributed by atoms with Gasteiger partial charge in [0.15, 0.2) is 0 Å². The van der Waals surface area contributed by atoms with Crippen LogP contribution in [0, 0.1) is 22.9 Å². The molecule has 42 heavy (non-hydrogen) atoms. The van der Waals surface area contributed by atoms with Crippen molar-refractivity contribution in [1.82, 2.24) is 15.3 Å². The van der Waals surface area contributed by atoms with Gasteiger partial charge in [-0.1, -0.05) is 101 Å². The largest absolute Gasteiger partial charge is 0.341 e. The topological polar surface area (TPSA) is 54.9 Å². The van der Waals surface area contributed by atoms with Crippen LogP contribution in [0.1, 0.15) is 124 Å². The first kappa shape index (κ1) is 35.5. The molecule has 0 radical (unpaired) electrons. The van der Waals surface area contributed by atoms with Crippen LogP contribution in [0.25, 0.3) is 0 Å². The summed E-state index contributed by atoms with van der Waals surface area (Å²) in [5.41, 5.74) is 12.5. The fourth-order valence-corrected chi connectivity index (χ4v) is 17.7. The number of carbonyl (C=O) groups is 1. The Labute approximate surface area is 259 Å². The van der Waals surface area contributed by atoms with Gasteiger partial charge in [-0.15, -0.1) is 11.1 Å². The van der Waals surface area contributed by atoms with Gasteiger partial charge in [0, 0.05) is 18.6 Å². The van der Waals surface area contributed by atoms with Crippen LogP contribution >= 0.6 is 0 Å². The molecule has 6 heteroatoms. The highest BCUT2D eigenvalue weighted by molar-refractivity contribution is 6.91. The molecule has 0 fully saturated rings. The molecular weight excluding hydrogens is 547 g/mol. The van der Waals surface area contributed by atoms with Gasteiger partial charge >= 0.3 is 0 Å². The molecule has 0 aliphatic carbocycles. The SMILES string of the molecule is CC(C)[Si](C#Cc1cncc(C#C[Si](C(C)C)(C(C)C)C(C)C)c1C(=O)NC(C)(C)c1ccccn1)(C(C)C)C(C)C. The number of nitrogens with one attached hydrogen (secondary N) is 1. The van der Waals surface area contributed by atoms with Gasteiger partial charge in [-0.05, 0) is 59.2 Å². The lowest BCUT2D eigenvalue weighted by Gasteiger charge is -2.38. The highest BCUT2D eigenvalue weighted by atomic mass is 28.3. The Kier molecular flexibility index (Phi) is 12.0. The van der Waals surface area contributed by atoms with E-state index >= 15 is 0 Å². The fraction of sp³-hybridized carbons (Fsp3) is 0.583. The Morgan fingerprint density at radius 3 is 1.45 bits per heavy atom. The second-order valence-electron chi connectivity index (χ2n) is 14.2. The second-order valence-corrected chi connectivity index (χ2v) is 25.4. The third kappa shape index (κ3) is 7.27. The molecule has 228 valence electrons. The number of hydrogen-bond donors (Lipinski definition) is 1. The van der Waals surface area contributed by atoms with E-state index in [-0.39, 0.29) is 5.91 Å². The first-order valence-corrected chi connectivity index (χ1v) is 20.2. The van der Waals surface area contributed by atoms with Gasteiger partial charge < -0.3 is 5.32 Å². The predicted molar refractivity (Wildman–Crippen MR) is 185 cm³/mol. The molecule has 2 aromatic rings. The monoisotopic (exact) mass is 601 g/mol. The second kappa shape index (κ2) is 14.2. The zero-order chi connectivity index (χ0) is 32.0. The molecule has 0 bridgehead atoms. The van der Waals surface area contributed by atoms with Crippen molar-refractivity contribution in [3.8, 4) is 22.9 Å². The van der Waals surface area contributed by atoms with Gasteiger partial charge in [0.1, 0.15) is 16.1 Å². The maximum Gasteiger partial charge on any atom is 0.254 e. The summed E-state index contributed by atoms with van der Waals surface area (Å²) in [4.78, 5) is 23.4. The average Bonchev–Trinajstić information content (AvgIpc) is 2.88. The standard InChI is InChI=1S/C36H55N3OSi2/c1-25(2)41(26(3)4,27(5)6)21-18-31-23-37-24-32(19-22-42(28(7)8,29(9)10)30(11)12)34(31)35(40)39-36(13,14)33-17-15-16-20-38-33/h15-17,20,23-30H,1-14H3,(H,39,40). The summed E-state index contributed by atoms with van der Waals surface area (Å²) in [7, 11) is -4.08.